The molecule has 0 saturated carbocycles. The zero-order chi connectivity index (χ0) is 31.0. The van der Waals surface area contributed by atoms with Gasteiger partial charge < -0.3 is 9.13 Å². The molecule has 0 fully saturated rings. The van der Waals surface area contributed by atoms with Crippen LogP contribution in [0.5, 0.6) is 0 Å². The highest BCUT2D eigenvalue weighted by molar-refractivity contribution is 7.79. The largest absolute Gasteiger partial charge is 0.309 e. The predicted molar refractivity (Wildman–Crippen MR) is 199 cm³/mol. The summed E-state index contributed by atoms with van der Waals surface area (Å²) in [6, 6.07) is 54.7. The molecule has 9 rings (SSSR count). The number of thiol groups is 1. The van der Waals surface area contributed by atoms with E-state index >= 15 is 0 Å². The van der Waals surface area contributed by atoms with E-state index in [1.54, 1.807) is 6.26 Å². The molecule has 6 aromatic carbocycles. The average molecular weight is 610 g/mol. The third kappa shape index (κ3) is 4.58. The minimum Gasteiger partial charge on any atom is -0.309 e. The molecule has 220 valence electrons. The molecule has 0 spiro atoms. The van der Waals surface area contributed by atoms with E-state index in [0.717, 1.165) is 5.69 Å². The Morgan fingerprint density at radius 1 is 0.370 bits per heavy atom. The topological polar surface area (TPSA) is 22.8 Å². The molecule has 0 aliphatic carbocycles. The van der Waals surface area contributed by atoms with Crippen LogP contribution in [0, 0.1) is 0 Å². The van der Waals surface area contributed by atoms with E-state index in [1.165, 1.54) is 71.6 Å². The summed E-state index contributed by atoms with van der Waals surface area (Å²) in [6.45, 7) is 0. The summed E-state index contributed by atoms with van der Waals surface area (Å²) >= 11 is 3.53. The standard InChI is InChI=1S/C41H27N3.CH4S/c1-3-9-32(10-4-1)43-38-14-8-7-13-34(38)35-26-30(16-19-39(35)43)31-17-20-41-37(27-31)36-25-29(28-21-23-42-24-22-28)15-18-40(36)44(41)33-11-5-2-6-12-33;1-2/h1-27H;2H,1H3. The minimum absolute atomic E-state index is 1.16. The number of benzene rings is 6. The lowest BCUT2D eigenvalue weighted by molar-refractivity contribution is 1.18. The van der Waals surface area contributed by atoms with Crippen LogP contribution in [-0.2, 0) is 0 Å². The lowest BCUT2D eigenvalue weighted by Gasteiger charge is -2.09. The van der Waals surface area contributed by atoms with E-state index in [-0.39, 0.29) is 0 Å². The SMILES string of the molecule is CS.c1ccc(-n2c3ccccc3c3cc(-c4ccc5c(c4)c4cc(-c6ccncc6)ccc4n5-c4ccccc4)ccc32)cc1. The molecule has 0 unspecified atom stereocenters. The summed E-state index contributed by atoms with van der Waals surface area (Å²) in [5.41, 5.74) is 11.9. The second-order valence-corrected chi connectivity index (χ2v) is 11.3. The van der Waals surface area contributed by atoms with Crippen molar-refractivity contribution >= 4 is 56.2 Å². The quantitative estimate of drug-likeness (QED) is 0.197. The predicted octanol–water partition coefficient (Wildman–Crippen LogP) is 11.2. The van der Waals surface area contributed by atoms with Gasteiger partial charge >= 0.3 is 0 Å². The van der Waals surface area contributed by atoms with Crippen LogP contribution in [0.3, 0.4) is 0 Å². The maximum atomic E-state index is 4.23. The second-order valence-electron chi connectivity index (χ2n) is 11.3. The highest BCUT2D eigenvalue weighted by Crippen LogP contribution is 2.39. The molecule has 0 bridgehead atoms. The van der Waals surface area contributed by atoms with Crippen LogP contribution >= 0.6 is 12.6 Å². The van der Waals surface area contributed by atoms with E-state index in [4.69, 9.17) is 0 Å². The Bertz CT molecular complexity index is 2480. The van der Waals surface area contributed by atoms with Crippen LogP contribution in [0.2, 0.25) is 0 Å². The first kappa shape index (κ1) is 27.9. The first-order valence-electron chi connectivity index (χ1n) is 15.4. The van der Waals surface area contributed by atoms with Gasteiger partial charge in [0, 0.05) is 45.3 Å². The maximum absolute atomic E-state index is 4.23. The first-order valence-corrected chi connectivity index (χ1v) is 16.3. The van der Waals surface area contributed by atoms with Gasteiger partial charge in [-0.1, -0.05) is 72.8 Å². The summed E-state index contributed by atoms with van der Waals surface area (Å²) in [4.78, 5) is 4.23. The van der Waals surface area contributed by atoms with Gasteiger partial charge in [-0.3, -0.25) is 4.98 Å². The van der Waals surface area contributed by atoms with Crippen molar-refractivity contribution in [2.24, 2.45) is 0 Å². The summed E-state index contributed by atoms with van der Waals surface area (Å²) < 4.78 is 4.74. The number of hydrogen-bond acceptors (Lipinski definition) is 2. The Balaban J connectivity index is 0.00000153. The smallest absolute Gasteiger partial charge is 0.0541 e. The van der Waals surface area contributed by atoms with Crippen LogP contribution in [0.1, 0.15) is 0 Å². The Kier molecular flexibility index (Phi) is 7.13. The molecule has 0 atom stereocenters. The van der Waals surface area contributed by atoms with Crippen molar-refractivity contribution in [3.05, 3.63) is 164 Å². The first-order chi connectivity index (χ1) is 22.8. The Labute approximate surface area is 273 Å². The molecule has 0 radical (unpaired) electrons. The molecule has 0 aliphatic rings. The van der Waals surface area contributed by atoms with Gasteiger partial charge in [0.1, 0.15) is 0 Å². The van der Waals surface area contributed by atoms with Gasteiger partial charge in [0.2, 0.25) is 0 Å². The van der Waals surface area contributed by atoms with Gasteiger partial charge in [0.15, 0.2) is 0 Å². The fraction of sp³-hybridized carbons (Fsp3) is 0.0238. The van der Waals surface area contributed by atoms with Gasteiger partial charge in [-0.15, -0.1) is 0 Å². The number of hydrogen-bond donors (Lipinski definition) is 1. The van der Waals surface area contributed by atoms with Gasteiger partial charge in [-0.25, -0.2) is 0 Å². The van der Waals surface area contributed by atoms with E-state index in [1.807, 2.05) is 12.4 Å². The zero-order valence-electron chi connectivity index (χ0n) is 25.4. The van der Waals surface area contributed by atoms with Crippen molar-refractivity contribution in [2.45, 2.75) is 0 Å². The second kappa shape index (κ2) is 11.7. The van der Waals surface area contributed by atoms with Gasteiger partial charge in [-0.2, -0.15) is 12.6 Å². The fourth-order valence-electron chi connectivity index (χ4n) is 6.79. The molecule has 4 heteroatoms. The summed E-state index contributed by atoms with van der Waals surface area (Å²) in [7, 11) is 0. The van der Waals surface area contributed by atoms with Crippen LogP contribution in [0.4, 0.5) is 0 Å². The molecule has 3 nitrogen and oxygen atoms in total. The zero-order valence-corrected chi connectivity index (χ0v) is 26.3. The Hall–Kier alpha value is -5.58. The minimum atomic E-state index is 1.16. The number of rotatable bonds is 4. The lowest BCUT2D eigenvalue weighted by Crippen LogP contribution is -1.93. The number of nitrogens with zero attached hydrogens (tertiary/aromatic N) is 3. The van der Waals surface area contributed by atoms with Crippen molar-refractivity contribution < 1.29 is 0 Å². The van der Waals surface area contributed by atoms with Gasteiger partial charge in [0.25, 0.3) is 0 Å². The summed E-state index contributed by atoms with van der Waals surface area (Å²) in [5.74, 6) is 0. The van der Waals surface area contributed by atoms with Crippen LogP contribution in [-0.4, -0.2) is 20.4 Å². The molecule has 0 saturated heterocycles. The Morgan fingerprint density at radius 2 is 0.761 bits per heavy atom. The molecule has 0 aliphatic heterocycles. The molecule has 46 heavy (non-hydrogen) atoms. The maximum Gasteiger partial charge on any atom is 0.0541 e. The lowest BCUT2D eigenvalue weighted by atomic mass is 9.99. The molecule has 3 heterocycles. The van der Waals surface area contributed by atoms with Crippen molar-refractivity contribution in [3.63, 3.8) is 0 Å². The molecule has 3 aromatic heterocycles. The van der Waals surface area contributed by atoms with Gasteiger partial charge in [0.05, 0.1) is 22.1 Å². The van der Waals surface area contributed by atoms with Crippen LogP contribution in [0.25, 0.3) is 77.2 Å². The van der Waals surface area contributed by atoms with E-state index in [2.05, 4.69) is 178 Å². The molecule has 0 amide bonds. The number of para-hydroxylation sites is 3. The van der Waals surface area contributed by atoms with Crippen molar-refractivity contribution in [3.8, 4) is 33.6 Å². The van der Waals surface area contributed by atoms with Gasteiger partial charge in [-0.05, 0) is 107 Å². The molecule has 9 aromatic rings. The fourth-order valence-corrected chi connectivity index (χ4v) is 6.79. The van der Waals surface area contributed by atoms with E-state index in [9.17, 15) is 0 Å². The highest BCUT2D eigenvalue weighted by atomic mass is 32.1. The number of aromatic nitrogens is 3. The van der Waals surface area contributed by atoms with Crippen molar-refractivity contribution in [1.82, 2.24) is 14.1 Å². The normalized spacial score (nSPS) is 11.3. The third-order valence-electron chi connectivity index (χ3n) is 8.81. The monoisotopic (exact) mass is 609 g/mol. The number of pyridine rings is 1. The summed E-state index contributed by atoms with van der Waals surface area (Å²) in [5, 5.41) is 5.00. The van der Waals surface area contributed by atoms with E-state index in [0.29, 0.717) is 0 Å². The third-order valence-corrected chi connectivity index (χ3v) is 8.81. The molecule has 0 N–H and O–H groups in total. The van der Waals surface area contributed by atoms with Crippen LogP contribution < -0.4 is 0 Å². The van der Waals surface area contributed by atoms with Crippen LogP contribution in [0.15, 0.2) is 164 Å². The van der Waals surface area contributed by atoms with Crippen molar-refractivity contribution in [1.29, 1.82) is 0 Å². The van der Waals surface area contributed by atoms with Crippen molar-refractivity contribution in [2.75, 3.05) is 6.26 Å². The molecular formula is C42H31N3S. The number of fused-ring (bicyclic) bond motifs is 6. The summed E-state index contributed by atoms with van der Waals surface area (Å²) in [6.07, 6.45) is 5.41. The highest BCUT2D eigenvalue weighted by Gasteiger charge is 2.16. The van der Waals surface area contributed by atoms with E-state index < -0.39 is 0 Å². The average Bonchev–Trinajstić information content (AvgIpc) is 3.65. The molecular weight excluding hydrogens is 579 g/mol. The Morgan fingerprint density at radius 3 is 1.26 bits per heavy atom.